The Morgan fingerprint density at radius 1 is 0.404 bits per heavy atom. The summed E-state index contributed by atoms with van der Waals surface area (Å²) in [5, 5.41) is 2.40. The fraction of sp³-hybridized carbons (Fsp3) is 0.0625. The highest BCUT2D eigenvalue weighted by atomic mass is 15.0. The molecule has 52 heavy (non-hydrogen) atoms. The van der Waals surface area contributed by atoms with E-state index in [-0.39, 0.29) is 5.41 Å². The van der Waals surface area contributed by atoms with Gasteiger partial charge in [0.2, 0.25) is 0 Å². The summed E-state index contributed by atoms with van der Waals surface area (Å²) in [5.41, 5.74) is 13.5. The summed E-state index contributed by atoms with van der Waals surface area (Å²) in [6.07, 6.45) is 0. The van der Waals surface area contributed by atoms with E-state index >= 15 is 0 Å². The molecule has 246 valence electrons. The molecule has 2 aromatic heterocycles. The first-order valence-corrected chi connectivity index (χ1v) is 17.8. The van der Waals surface area contributed by atoms with Crippen molar-refractivity contribution in [2.75, 3.05) is 0 Å². The summed E-state index contributed by atoms with van der Waals surface area (Å²) in [6.45, 7) is 4.62. The van der Waals surface area contributed by atoms with Gasteiger partial charge in [-0.25, -0.2) is 15.0 Å². The molecule has 4 nitrogen and oxygen atoms in total. The average molecular weight is 667 g/mol. The summed E-state index contributed by atoms with van der Waals surface area (Å²) in [5.74, 6) is 1.97. The topological polar surface area (TPSA) is 43.6 Å². The Kier molecular flexibility index (Phi) is 6.80. The predicted molar refractivity (Wildman–Crippen MR) is 213 cm³/mol. The molecule has 2 heterocycles. The quantitative estimate of drug-likeness (QED) is 0.184. The molecule has 0 bridgehead atoms. The molecule has 0 aliphatic heterocycles. The fourth-order valence-electron chi connectivity index (χ4n) is 8.20. The van der Waals surface area contributed by atoms with Gasteiger partial charge in [0.25, 0.3) is 0 Å². The van der Waals surface area contributed by atoms with Crippen molar-refractivity contribution in [1.82, 2.24) is 19.5 Å². The van der Waals surface area contributed by atoms with Crippen LogP contribution in [0.3, 0.4) is 0 Å². The second kappa shape index (κ2) is 11.7. The number of hydrogen-bond acceptors (Lipinski definition) is 3. The van der Waals surface area contributed by atoms with Gasteiger partial charge in [0, 0.05) is 38.6 Å². The van der Waals surface area contributed by atoms with Crippen molar-refractivity contribution in [1.29, 1.82) is 0 Å². The Hall–Kier alpha value is -6.65. The van der Waals surface area contributed by atoms with Crippen LogP contribution in [0.5, 0.6) is 0 Å². The van der Waals surface area contributed by atoms with Crippen LogP contribution in [0.25, 0.3) is 83.9 Å². The molecule has 1 aliphatic rings. The first-order chi connectivity index (χ1) is 25.5. The van der Waals surface area contributed by atoms with Crippen LogP contribution in [0.15, 0.2) is 170 Å². The molecule has 9 aromatic rings. The van der Waals surface area contributed by atoms with Crippen molar-refractivity contribution >= 4 is 21.8 Å². The van der Waals surface area contributed by atoms with Crippen molar-refractivity contribution in [2.24, 2.45) is 0 Å². The molecule has 0 spiro atoms. The predicted octanol–water partition coefficient (Wildman–Crippen LogP) is 11.9. The van der Waals surface area contributed by atoms with Gasteiger partial charge in [0.1, 0.15) is 0 Å². The maximum atomic E-state index is 5.30. The SMILES string of the molecule is CC1(C)c2ccccc2-c2cccc(-c3nc(-c4ccc(-c5ccccc5)cc4)nc(-c4ccc5c6ccccc6n(-c6ccccc6)c5c4)n3)c21. The van der Waals surface area contributed by atoms with E-state index in [2.05, 4.69) is 182 Å². The third-order valence-electron chi connectivity index (χ3n) is 10.7. The second-order valence-electron chi connectivity index (χ2n) is 14.1. The van der Waals surface area contributed by atoms with Crippen LogP contribution < -0.4 is 0 Å². The highest BCUT2D eigenvalue weighted by Crippen LogP contribution is 2.51. The lowest BCUT2D eigenvalue weighted by atomic mass is 9.80. The van der Waals surface area contributed by atoms with Gasteiger partial charge in [-0.15, -0.1) is 0 Å². The Morgan fingerprint density at radius 2 is 0.962 bits per heavy atom. The van der Waals surface area contributed by atoms with Crippen molar-refractivity contribution in [3.8, 4) is 62.1 Å². The second-order valence-corrected chi connectivity index (χ2v) is 14.1. The van der Waals surface area contributed by atoms with Crippen molar-refractivity contribution < 1.29 is 0 Å². The van der Waals surface area contributed by atoms with Crippen LogP contribution in [-0.2, 0) is 5.41 Å². The largest absolute Gasteiger partial charge is 0.309 e. The molecule has 0 saturated heterocycles. The zero-order chi connectivity index (χ0) is 34.8. The number of nitrogens with zero attached hydrogens (tertiary/aromatic N) is 4. The van der Waals surface area contributed by atoms with Gasteiger partial charge in [-0.05, 0) is 57.6 Å². The monoisotopic (exact) mass is 666 g/mol. The van der Waals surface area contributed by atoms with E-state index in [1.165, 1.54) is 38.6 Å². The zero-order valence-corrected chi connectivity index (χ0v) is 29.0. The molecule has 7 aromatic carbocycles. The Balaban J connectivity index is 1.20. The molecule has 1 aliphatic carbocycles. The standard InChI is InChI=1S/C48H34N4/c1-48(2)41-22-11-9-18-36(41)39-20-13-21-40(44(39)48)47-50-45(33-26-24-32(25-27-33)31-14-5-3-6-15-31)49-46(51-47)34-28-29-38-37-19-10-12-23-42(37)52(43(38)30-34)35-16-7-4-8-17-35/h3-30H,1-2H3. The Morgan fingerprint density at radius 3 is 1.77 bits per heavy atom. The minimum atomic E-state index is -0.220. The molecule has 0 N–H and O–H groups in total. The first-order valence-electron chi connectivity index (χ1n) is 17.8. The van der Waals surface area contributed by atoms with Gasteiger partial charge in [-0.2, -0.15) is 0 Å². The minimum absolute atomic E-state index is 0.220. The van der Waals surface area contributed by atoms with Gasteiger partial charge in [0.05, 0.1) is 11.0 Å². The normalized spacial score (nSPS) is 13.0. The maximum Gasteiger partial charge on any atom is 0.164 e. The van der Waals surface area contributed by atoms with Gasteiger partial charge < -0.3 is 4.57 Å². The number of hydrogen-bond donors (Lipinski definition) is 0. The zero-order valence-electron chi connectivity index (χ0n) is 29.0. The summed E-state index contributed by atoms with van der Waals surface area (Å²) < 4.78 is 2.34. The minimum Gasteiger partial charge on any atom is -0.309 e. The van der Waals surface area contributed by atoms with Gasteiger partial charge in [0.15, 0.2) is 17.5 Å². The Bertz CT molecular complexity index is 2800. The number of para-hydroxylation sites is 2. The number of benzene rings is 7. The maximum absolute atomic E-state index is 5.30. The molecule has 0 amide bonds. The third-order valence-corrected chi connectivity index (χ3v) is 10.7. The summed E-state index contributed by atoms with van der Waals surface area (Å²) in [7, 11) is 0. The lowest BCUT2D eigenvalue weighted by Gasteiger charge is -2.24. The van der Waals surface area contributed by atoms with Crippen molar-refractivity contribution in [3.05, 3.63) is 181 Å². The van der Waals surface area contributed by atoms with E-state index < -0.39 is 0 Å². The van der Waals surface area contributed by atoms with Crippen LogP contribution in [0.1, 0.15) is 25.0 Å². The lowest BCUT2D eigenvalue weighted by Crippen LogP contribution is -2.17. The molecule has 0 unspecified atom stereocenters. The third kappa shape index (κ3) is 4.72. The van der Waals surface area contributed by atoms with E-state index in [1.54, 1.807) is 0 Å². The Labute approximate surface area is 302 Å². The van der Waals surface area contributed by atoms with Crippen molar-refractivity contribution in [2.45, 2.75) is 19.3 Å². The van der Waals surface area contributed by atoms with E-state index in [0.717, 1.165) is 39.0 Å². The molecule has 0 atom stereocenters. The number of fused-ring (bicyclic) bond motifs is 6. The van der Waals surface area contributed by atoms with Crippen LogP contribution in [0.2, 0.25) is 0 Å². The van der Waals surface area contributed by atoms with Crippen LogP contribution >= 0.6 is 0 Å². The van der Waals surface area contributed by atoms with Gasteiger partial charge in [-0.3, -0.25) is 0 Å². The van der Waals surface area contributed by atoms with Crippen LogP contribution in [-0.4, -0.2) is 19.5 Å². The fourth-order valence-corrected chi connectivity index (χ4v) is 8.20. The van der Waals surface area contributed by atoms with Crippen LogP contribution in [0, 0.1) is 0 Å². The molecule has 4 heteroatoms. The summed E-state index contributed by atoms with van der Waals surface area (Å²) in [4.78, 5) is 15.7. The van der Waals surface area contributed by atoms with E-state index in [4.69, 9.17) is 15.0 Å². The molecule has 0 saturated carbocycles. The number of rotatable bonds is 5. The smallest absolute Gasteiger partial charge is 0.164 e. The molecular weight excluding hydrogens is 633 g/mol. The summed E-state index contributed by atoms with van der Waals surface area (Å²) in [6, 6.07) is 60.0. The lowest BCUT2D eigenvalue weighted by molar-refractivity contribution is 0.661. The first kappa shape index (κ1) is 30.2. The molecular formula is C48H34N4. The molecule has 10 rings (SSSR count). The van der Waals surface area contributed by atoms with E-state index in [9.17, 15) is 0 Å². The number of aromatic nitrogens is 4. The molecule has 0 radical (unpaired) electrons. The highest BCUT2D eigenvalue weighted by Gasteiger charge is 2.38. The average Bonchev–Trinajstić information content (AvgIpc) is 3.66. The van der Waals surface area contributed by atoms with Gasteiger partial charge >= 0.3 is 0 Å². The molecule has 0 fully saturated rings. The highest BCUT2D eigenvalue weighted by molar-refractivity contribution is 6.10. The van der Waals surface area contributed by atoms with Crippen molar-refractivity contribution in [3.63, 3.8) is 0 Å². The van der Waals surface area contributed by atoms with Gasteiger partial charge in [-0.1, -0.05) is 159 Å². The summed E-state index contributed by atoms with van der Waals surface area (Å²) >= 11 is 0. The van der Waals surface area contributed by atoms with E-state index in [0.29, 0.717) is 17.5 Å². The van der Waals surface area contributed by atoms with Crippen LogP contribution in [0.4, 0.5) is 0 Å². The van der Waals surface area contributed by atoms with E-state index in [1.807, 2.05) is 6.07 Å².